The van der Waals surface area contributed by atoms with E-state index in [-0.39, 0.29) is 12.5 Å². The molecule has 0 fully saturated rings. The molecule has 2 aromatic rings. The second kappa shape index (κ2) is 8.08. The van der Waals surface area contributed by atoms with Crippen molar-refractivity contribution in [3.05, 3.63) is 46.8 Å². The van der Waals surface area contributed by atoms with Gasteiger partial charge in [-0.2, -0.15) is 0 Å². The average molecular weight is 358 g/mol. The first-order valence-electron chi connectivity index (χ1n) is 8.54. The van der Waals surface area contributed by atoms with Gasteiger partial charge in [-0.15, -0.1) is 0 Å². The van der Waals surface area contributed by atoms with Gasteiger partial charge in [0.15, 0.2) is 6.61 Å². The maximum absolute atomic E-state index is 12.7. The number of hydrogen-bond acceptors (Lipinski definition) is 4. The van der Waals surface area contributed by atoms with Gasteiger partial charge < -0.3 is 19.4 Å². The van der Waals surface area contributed by atoms with Crippen LogP contribution in [0.15, 0.2) is 24.3 Å². The summed E-state index contributed by atoms with van der Waals surface area (Å²) in [7, 11) is 1.31. The SMILES string of the molecule is COC(=O)COc1ccc(NC(=O)c2cc(C)n(C(C)C)c2C)c(C)c1. The zero-order chi connectivity index (χ0) is 19.4. The van der Waals surface area contributed by atoms with Crippen molar-refractivity contribution in [3.8, 4) is 5.75 Å². The van der Waals surface area contributed by atoms with Gasteiger partial charge in [-0.25, -0.2) is 4.79 Å². The molecule has 0 aliphatic rings. The number of ether oxygens (including phenoxy) is 2. The monoisotopic (exact) mass is 358 g/mol. The molecule has 1 amide bonds. The largest absolute Gasteiger partial charge is 0.482 e. The zero-order valence-electron chi connectivity index (χ0n) is 16.2. The molecule has 1 aromatic heterocycles. The number of methoxy groups -OCH3 is 1. The molecule has 0 aliphatic heterocycles. The number of carbonyl (C=O) groups is 2. The van der Waals surface area contributed by atoms with Crippen molar-refractivity contribution in [1.82, 2.24) is 4.57 Å². The van der Waals surface area contributed by atoms with Gasteiger partial charge in [-0.05, 0) is 64.4 Å². The molecular weight excluding hydrogens is 332 g/mol. The molecular formula is C20H26N2O4. The van der Waals surface area contributed by atoms with Crippen LogP contribution in [0.4, 0.5) is 5.69 Å². The van der Waals surface area contributed by atoms with E-state index in [1.54, 1.807) is 18.2 Å². The topological polar surface area (TPSA) is 69.6 Å². The summed E-state index contributed by atoms with van der Waals surface area (Å²) in [5.41, 5.74) is 4.23. The van der Waals surface area contributed by atoms with Crippen LogP contribution in [0, 0.1) is 20.8 Å². The number of aromatic nitrogens is 1. The first-order valence-corrected chi connectivity index (χ1v) is 8.54. The number of anilines is 1. The van der Waals surface area contributed by atoms with Crippen molar-refractivity contribution >= 4 is 17.6 Å². The Hall–Kier alpha value is -2.76. The summed E-state index contributed by atoms with van der Waals surface area (Å²) in [6, 6.07) is 7.46. The van der Waals surface area contributed by atoms with Gasteiger partial charge in [0.25, 0.3) is 5.91 Å². The molecule has 6 heteroatoms. The van der Waals surface area contributed by atoms with E-state index in [1.165, 1.54) is 7.11 Å². The lowest BCUT2D eigenvalue weighted by Gasteiger charge is -2.14. The van der Waals surface area contributed by atoms with E-state index in [1.807, 2.05) is 26.8 Å². The molecule has 0 unspecified atom stereocenters. The minimum absolute atomic E-state index is 0.142. The molecule has 0 radical (unpaired) electrons. The van der Waals surface area contributed by atoms with Crippen molar-refractivity contribution in [2.45, 2.75) is 40.7 Å². The lowest BCUT2D eigenvalue weighted by atomic mass is 10.1. The zero-order valence-corrected chi connectivity index (χ0v) is 16.2. The number of aryl methyl sites for hydroxylation is 2. The van der Waals surface area contributed by atoms with Gasteiger partial charge in [0.05, 0.1) is 12.7 Å². The van der Waals surface area contributed by atoms with E-state index in [2.05, 4.69) is 28.5 Å². The third-order valence-corrected chi connectivity index (χ3v) is 4.28. The highest BCUT2D eigenvalue weighted by molar-refractivity contribution is 6.05. The summed E-state index contributed by atoms with van der Waals surface area (Å²) >= 11 is 0. The second-order valence-corrected chi connectivity index (χ2v) is 6.54. The quantitative estimate of drug-likeness (QED) is 0.798. The number of rotatable bonds is 6. The van der Waals surface area contributed by atoms with Crippen molar-refractivity contribution in [1.29, 1.82) is 0 Å². The number of hydrogen-bond donors (Lipinski definition) is 1. The molecule has 26 heavy (non-hydrogen) atoms. The Bertz CT molecular complexity index is 821. The van der Waals surface area contributed by atoms with Crippen LogP contribution in [0.3, 0.4) is 0 Å². The van der Waals surface area contributed by atoms with E-state index in [9.17, 15) is 9.59 Å². The van der Waals surface area contributed by atoms with Crippen molar-refractivity contribution in [2.24, 2.45) is 0 Å². The number of esters is 1. The van der Waals surface area contributed by atoms with Gasteiger partial charge >= 0.3 is 5.97 Å². The highest BCUT2D eigenvalue weighted by Gasteiger charge is 2.18. The Balaban J connectivity index is 2.15. The Morgan fingerprint density at radius 3 is 2.38 bits per heavy atom. The standard InChI is InChI=1S/C20H26N2O4/c1-12(2)22-14(4)10-17(15(22)5)20(24)21-18-8-7-16(9-13(18)3)26-11-19(23)25-6/h7-10,12H,11H2,1-6H3,(H,21,24). The minimum Gasteiger partial charge on any atom is -0.482 e. The van der Waals surface area contributed by atoms with Gasteiger partial charge in [0.1, 0.15) is 5.75 Å². The fourth-order valence-corrected chi connectivity index (χ4v) is 3.06. The van der Waals surface area contributed by atoms with Gasteiger partial charge in [0, 0.05) is 23.1 Å². The molecule has 1 heterocycles. The summed E-state index contributed by atoms with van der Waals surface area (Å²) in [6.45, 7) is 9.87. The third-order valence-electron chi connectivity index (χ3n) is 4.28. The van der Waals surface area contributed by atoms with E-state index < -0.39 is 5.97 Å². The molecule has 1 aromatic carbocycles. The molecule has 0 bridgehead atoms. The van der Waals surface area contributed by atoms with E-state index in [0.717, 1.165) is 17.0 Å². The third kappa shape index (κ3) is 4.25. The minimum atomic E-state index is -0.444. The molecule has 0 spiro atoms. The summed E-state index contributed by atoms with van der Waals surface area (Å²) in [5, 5.41) is 2.95. The predicted octanol–water partition coefficient (Wildman–Crippen LogP) is 3.80. The Morgan fingerprint density at radius 2 is 1.85 bits per heavy atom. The summed E-state index contributed by atoms with van der Waals surface area (Å²) in [5.74, 6) is -0.0410. The van der Waals surface area contributed by atoms with Crippen LogP contribution in [0.25, 0.3) is 0 Å². The fraction of sp³-hybridized carbons (Fsp3) is 0.400. The van der Waals surface area contributed by atoms with Crippen LogP contribution in [-0.4, -0.2) is 30.2 Å². The number of amides is 1. The number of nitrogens with one attached hydrogen (secondary N) is 1. The van der Waals surface area contributed by atoms with Gasteiger partial charge in [-0.1, -0.05) is 0 Å². The first kappa shape index (κ1) is 19.6. The van der Waals surface area contributed by atoms with Gasteiger partial charge in [-0.3, -0.25) is 4.79 Å². The normalized spacial score (nSPS) is 10.7. The van der Waals surface area contributed by atoms with Crippen molar-refractivity contribution < 1.29 is 19.1 Å². The van der Waals surface area contributed by atoms with Crippen LogP contribution in [0.2, 0.25) is 0 Å². The van der Waals surface area contributed by atoms with Crippen LogP contribution < -0.4 is 10.1 Å². The van der Waals surface area contributed by atoms with Crippen molar-refractivity contribution in [2.75, 3.05) is 19.0 Å². The van der Waals surface area contributed by atoms with E-state index in [0.29, 0.717) is 23.0 Å². The predicted molar refractivity (Wildman–Crippen MR) is 101 cm³/mol. The molecule has 0 saturated carbocycles. The van der Waals surface area contributed by atoms with Crippen LogP contribution in [-0.2, 0) is 9.53 Å². The summed E-state index contributed by atoms with van der Waals surface area (Å²) < 4.78 is 12.0. The second-order valence-electron chi connectivity index (χ2n) is 6.54. The maximum Gasteiger partial charge on any atom is 0.343 e. The number of benzene rings is 1. The Kier molecular flexibility index (Phi) is 6.08. The lowest BCUT2D eigenvalue weighted by Crippen LogP contribution is -2.15. The highest BCUT2D eigenvalue weighted by atomic mass is 16.6. The summed E-state index contributed by atoms with van der Waals surface area (Å²) in [6.07, 6.45) is 0. The van der Waals surface area contributed by atoms with Crippen LogP contribution in [0.5, 0.6) is 5.75 Å². The molecule has 0 saturated heterocycles. The molecule has 140 valence electrons. The first-order chi connectivity index (χ1) is 12.2. The Labute approximate surface area is 154 Å². The number of nitrogens with zero attached hydrogens (tertiary/aromatic N) is 1. The Morgan fingerprint density at radius 1 is 1.15 bits per heavy atom. The maximum atomic E-state index is 12.7. The fourth-order valence-electron chi connectivity index (χ4n) is 3.06. The van der Waals surface area contributed by atoms with Crippen LogP contribution in [0.1, 0.15) is 47.2 Å². The van der Waals surface area contributed by atoms with Crippen molar-refractivity contribution in [3.63, 3.8) is 0 Å². The number of carbonyl (C=O) groups excluding carboxylic acids is 2. The lowest BCUT2D eigenvalue weighted by molar-refractivity contribution is -0.142. The van der Waals surface area contributed by atoms with E-state index >= 15 is 0 Å². The van der Waals surface area contributed by atoms with Crippen LogP contribution >= 0.6 is 0 Å². The summed E-state index contributed by atoms with van der Waals surface area (Å²) in [4.78, 5) is 23.8. The smallest absolute Gasteiger partial charge is 0.343 e. The molecule has 6 nitrogen and oxygen atoms in total. The molecule has 2 rings (SSSR count). The van der Waals surface area contributed by atoms with Gasteiger partial charge in [0.2, 0.25) is 0 Å². The molecule has 0 atom stereocenters. The molecule has 0 aliphatic carbocycles. The van der Waals surface area contributed by atoms with E-state index in [4.69, 9.17) is 4.74 Å². The highest BCUT2D eigenvalue weighted by Crippen LogP contribution is 2.24. The molecule has 1 N–H and O–H groups in total. The average Bonchev–Trinajstić information content (AvgIpc) is 2.89.